The van der Waals surface area contributed by atoms with Crippen molar-refractivity contribution in [3.05, 3.63) is 39.8 Å². The van der Waals surface area contributed by atoms with Crippen LogP contribution in [-0.4, -0.2) is 0 Å². The molecule has 70 valence electrons. The van der Waals surface area contributed by atoms with Gasteiger partial charge in [-0.3, -0.25) is 0 Å². The second kappa shape index (κ2) is 4.25. The zero-order valence-electron chi connectivity index (χ0n) is 8.13. The maximum atomic E-state index is 4.38. The standard InChI is InChI=1S/C11H14S2/c1-7-4-8(2)11(9(3)5-7)10(13)6-12/h4-6,12-13H,1-3H3/b10-6-. The molecule has 0 saturated carbocycles. The summed E-state index contributed by atoms with van der Waals surface area (Å²) < 4.78 is 0. The van der Waals surface area contributed by atoms with Crippen molar-refractivity contribution >= 4 is 30.2 Å². The van der Waals surface area contributed by atoms with Gasteiger partial charge in [-0.2, -0.15) is 12.6 Å². The molecule has 13 heavy (non-hydrogen) atoms. The molecule has 0 heterocycles. The lowest BCUT2D eigenvalue weighted by molar-refractivity contribution is 1.30. The number of rotatable bonds is 1. The number of benzene rings is 1. The molecule has 0 amide bonds. The Labute approximate surface area is 90.9 Å². The van der Waals surface area contributed by atoms with Crippen molar-refractivity contribution < 1.29 is 0 Å². The Morgan fingerprint density at radius 2 is 1.62 bits per heavy atom. The predicted octanol–water partition coefficient (Wildman–Crippen LogP) is 3.77. The van der Waals surface area contributed by atoms with E-state index in [0.29, 0.717) is 0 Å². The van der Waals surface area contributed by atoms with E-state index >= 15 is 0 Å². The molecule has 0 aliphatic carbocycles. The Hall–Kier alpha value is -0.340. The zero-order valence-corrected chi connectivity index (χ0v) is 9.92. The normalized spacial score (nSPS) is 11.9. The Balaban J connectivity index is 3.37. The van der Waals surface area contributed by atoms with Crippen molar-refractivity contribution in [3.63, 3.8) is 0 Å². The van der Waals surface area contributed by atoms with Gasteiger partial charge in [-0.25, -0.2) is 0 Å². The molecule has 0 aliphatic rings. The maximum absolute atomic E-state index is 4.38. The Kier molecular flexibility index (Phi) is 3.51. The van der Waals surface area contributed by atoms with Crippen LogP contribution in [0.4, 0.5) is 0 Å². The third-order valence-electron chi connectivity index (χ3n) is 2.06. The van der Waals surface area contributed by atoms with Gasteiger partial charge in [0.1, 0.15) is 0 Å². The highest BCUT2D eigenvalue weighted by Gasteiger charge is 2.05. The topological polar surface area (TPSA) is 0 Å². The van der Waals surface area contributed by atoms with E-state index in [4.69, 9.17) is 0 Å². The minimum atomic E-state index is 0.929. The van der Waals surface area contributed by atoms with Gasteiger partial charge in [-0.1, -0.05) is 17.7 Å². The van der Waals surface area contributed by atoms with Crippen LogP contribution in [0.25, 0.3) is 4.91 Å². The summed E-state index contributed by atoms with van der Waals surface area (Å²) >= 11 is 8.49. The van der Waals surface area contributed by atoms with Gasteiger partial charge in [-0.15, -0.1) is 12.6 Å². The molecular formula is C11H14S2. The fourth-order valence-electron chi connectivity index (χ4n) is 1.65. The summed E-state index contributed by atoms with van der Waals surface area (Å²) in [7, 11) is 0. The Morgan fingerprint density at radius 1 is 1.15 bits per heavy atom. The van der Waals surface area contributed by atoms with Gasteiger partial charge in [0.05, 0.1) is 0 Å². The Morgan fingerprint density at radius 3 is 2.00 bits per heavy atom. The lowest BCUT2D eigenvalue weighted by Crippen LogP contribution is -1.90. The third-order valence-corrected chi connectivity index (χ3v) is 2.87. The summed E-state index contributed by atoms with van der Waals surface area (Å²) in [5, 5.41) is 1.73. The summed E-state index contributed by atoms with van der Waals surface area (Å²) in [6.07, 6.45) is 0. The SMILES string of the molecule is Cc1cc(C)c(/C(S)=C/S)c(C)c1. The van der Waals surface area contributed by atoms with Crippen LogP contribution in [0.3, 0.4) is 0 Å². The molecule has 0 fully saturated rings. The average Bonchev–Trinajstić information content (AvgIpc) is 2.02. The fraction of sp³-hybridized carbons (Fsp3) is 0.273. The third kappa shape index (κ3) is 2.32. The first-order chi connectivity index (χ1) is 6.06. The largest absolute Gasteiger partial charge is 0.150 e. The van der Waals surface area contributed by atoms with Crippen LogP contribution in [0.1, 0.15) is 22.3 Å². The van der Waals surface area contributed by atoms with Gasteiger partial charge >= 0.3 is 0 Å². The van der Waals surface area contributed by atoms with E-state index in [1.165, 1.54) is 22.3 Å². The zero-order chi connectivity index (χ0) is 10.0. The number of hydrogen-bond acceptors (Lipinski definition) is 2. The fourth-order valence-corrected chi connectivity index (χ4v) is 2.13. The van der Waals surface area contributed by atoms with E-state index in [0.717, 1.165) is 4.91 Å². The first kappa shape index (κ1) is 10.7. The monoisotopic (exact) mass is 210 g/mol. The molecule has 0 aromatic heterocycles. The molecular weight excluding hydrogens is 196 g/mol. The lowest BCUT2D eigenvalue weighted by atomic mass is 10.00. The van der Waals surface area contributed by atoms with E-state index in [2.05, 4.69) is 58.2 Å². The highest BCUT2D eigenvalue weighted by atomic mass is 32.1. The van der Waals surface area contributed by atoms with Crippen LogP contribution in [0, 0.1) is 20.8 Å². The highest BCUT2D eigenvalue weighted by molar-refractivity contribution is 7.92. The predicted molar refractivity (Wildman–Crippen MR) is 66.6 cm³/mol. The first-order valence-corrected chi connectivity index (χ1v) is 5.14. The Bertz CT molecular complexity index is 328. The van der Waals surface area contributed by atoms with Crippen LogP contribution in [0.15, 0.2) is 17.5 Å². The van der Waals surface area contributed by atoms with E-state index in [-0.39, 0.29) is 0 Å². The van der Waals surface area contributed by atoms with E-state index in [1.807, 2.05) is 0 Å². The van der Waals surface area contributed by atoms with Crippen LogP contribution in [0.2, 0.25) is 0 Å². The van der Waals surface area contributed by atoms with Crippen LogP contribution in [0.5, 0.6) is 0 Å². The molecule has 0 N–H and O–H groups in total. The smallest absolute Gasteiger partial charge is 0.0179 e. The van der Waals surface area contributed by atoms with Crippen molar-refractivity contribution in [2.45, 2.75) is 20.8 Å². The van der Waals surface area contributed by atoms with Gasteiger partial charge in [0.15, 0.2) is 0 Å². The number of hydrogen-bond donors (Lipinski definition) is 2. The molecule has 0 unspecified atom stereocenters. The second-order valence-electron chi connectivity index (χ2n) is 3.29. The molecule has 0 bridgehead atoms. The molecule has 0 saturated heterocycles. The van der Waals surface area contributed by atoms with Gasteiger partial charge in [0, 0.05) is 4.91 Å². The molecule has 0 atom stereocenters. The highest BCUT2D eigenvalue weighted by Crippen LogP contribution is 2.27. The minimum Gasteiger partial charge on any atom is -0.150 e. The van der Waals surface area contributed by atoms with Crippen LogP contribution in [-0.2, 0) is 0 Å². The molecule has 1 rings (SSSR count). The molecule has 0 nitrogen and oxygen atoms in total. The van der Waals surface area contributed by atoms with Crippen molar-refractivity contribution in [1.82, 2.24) is 0 Å². The molecule has 1 aromatic rings. The summed E-state index contributed by atoms with van der Waals surface area (Å²) in [6.45, 7) is 6.30. The number of thiol groups is 2. The first-order valence-electron chi connectivity index (χ1n) is 4.18. The second-order valence-corrected chi connectivity index (χ2v) is 4.03. The molecule has 2 heteroatoms. The average molecular weight is 210 g/mol. The van der Waals surface area contributed by atoms with Crippen LogP contribution < -0.4 is 0 Å². The van der Waals surface area contributed by atoms with Gasteiger partial charge in [-0.05, 0) is 42.9 Å². The van der Waals surface area contributed by atoms with Crippen molar-refractivity contribution in [1.29, 1.82) is 0 Å². The summed E-state index contributed by atoms with van der Waals surface area (Å²) in [5.74, 6) is 0. The quantitative estimate of drug-likeness (QED) is 0.648. The van der Waals surface area contributed by atoms with Crippen molar-refractivity contribution in [2.24, 2.45) is 0 Å². The van der Waals surface area contributed by atoms with Crippen molar-refractivity contribution in [3.8, 4) is 0 Å². The lowest BCUT2D eigenvalue weighted by Gasteiger charge is -2.10. The minimum absolute atomic E-state index is 0.929. The summed E-state index contributed by atoms with van der Waals surface area (Å²) in [6, 6.07) is 4.33. The summed E-state index contributed by atoms with van der Waals surface area (Å²) in [5.41, 5.74) is 5.00. The van der Waals surface area contributed by atoms with Crippen LogP contribution >= 0.6 is 25.3 Å². The molecule has 1 aromatic carbocycles. The van der Waals surface area contributed by atoms with Gasteiger partial charge in [0.2, 0.25) is 0 Å². The number of aryl methyl sites for hydroxylation is 3. The maximum Gasteiger partial charge on any atom is 0.0179 e. The summed E-state index contributed by atoms with van der Waals surface area (Å²) in [4.78, 5) is 0.929. The van der Waals surface area contributed by atoms with Gasteiger partial charge < -0.3 is 0 Å². The molecule has 0 aliphatic heterocycles. The van der Waals surface area contributed by atoms with E-state index < -0.39 is 0 Å². The molecule has 0 spiro atoms. The van der Waals surface area contributed by atoms with Gasteiger partial charge in [0.25, 0.3) is 0 Å². The van der Waals surface area contributed by atoms with Crippen molar-refractivity contribution in [2.75, 3.05) is 0 Å². The van der Waals surface area contributed by atoms with E-state index in [9.17, 15) is 0 Å². The van der Waals surface area contributed by atoms with E-state index in [1.54, 1.807) is 5.41 Å². The molecule has 0 radical (unpaired) electrons.